The second-order valence-corrected chi connectivity index (χ2v) is 6.04. The topological polar surface area (TPSA) is 61.8 Å². The molecule has 1 atom stereocenters. The Balaban J connectivity index is 2.09. The lowest BCUT2D eigenvalue weighted by Gasteiger charge is -2.31. The zero-order valence-corrected chi connectivity index (χ0v) is 12.9. The molecule has 0 aliphatic carbocycles. The van der Waals surface area contributed by atoms with Gasteiger partial charge in [-0.25, -0.2) is 9.37 Å². The van der Waals surface area contributed by atoms with Gasteiger partial charge in [-0.1, -0.05) is 31.5 Å². The lowest BCUT2D eigenvalue weighted by molar-refractivity contribution is -0.0142. The predicted octanol–water partition coefficient (Wildman–Crippen LogP) is 3.16. The van der Waals surface area contributed by atoms with Crippen LogP contribution >= 0.6 is 11.6 Å². The van der Waals surface area contributed by atoms with Gasteiger partial charge >= 0.3 is 0 Å². The standard InChI is InChI=1S/C15H19ClFN3O/c1-10(2)15(21,8-14-18-9-19-20-14)6-5-11-3-4-12(16)7-13(11)17/h3-4,7,9-10,21H,5-6,8H2,1-2H3,(H,18,19,20). The molecule has 0 saturated carbocycles. The van der Waals surface area contributed by atoms with E-state index < -0.39 is 5.60 Å². The van der Waals surface area contributed by atoms with Gasteiger partial charge in [0.1, 0.15) is 18.0 Å². The van der Waals surface area contributed by atoms with E-state index >= 15 is 0 Å². The van der Waals surface area contributed by atoms with E-state index in [2.05, 4.69) is 15.2 Å². The molecule has 0 aliphatic rings. The zero-order chi connectivity index (χ0) is 15.5. The minimum Gasteiger partial charge on any atom is -0.389 e. The van der Waals surface area contributed by atoms with Crippen LogP contribution in [0.3, 0.4) is 0 Å². The molecule has 0 spiro atoms. The molecule has 21 heavy (non-hydrogen) atoms. The molecule has 1 aromatic heterocycles. The Morgan fingerprint density at radius 2 is 2.19 bits per heavy atom. The Morgan fingerprint density at radius 1 is 1.43 bits per heavy atom. The van der Waals surface area contributed by atoms with Crippen LogP contribution in [0.5, 0.6) is 0 Å². The molecular formula is C15H19ClFN3O. The van der Waals surface area contributed by atoms with Crippen molar-refractivity contribution in [2.45, 2.75) is 38.7 Å². The van der Waals surface area contributed by atoms with E-state index in [0.29, 0.717) is 35.7 Å². The molecule has 1 heterocycles. The third-order valence-electron chi connectivity index (χ3n) is 3.86. The van der Waals surface area contributed by atoms with Crippen LogP contribution in [-0.2, 0) is 12.8 Å². The van der Waals surface area contributed by atoms with E-state index in [9.17, 15) is 9.50 Å². The summed E-state index contributed by atoms with van der Waals surface area (Å²) in [6.45, 7) is 3.88. The van der Waals surface area contributed by atoms with E-state index in [-0.39, 0.29) is 11.7 Å². The van der Waals surface area contributed by atoms with E-state index in [4.69, 9.17) is 11.6 Å². The average molecular weight is 312 g/mol. The molecule has 2 rings (SSSR count). The molecule has 0 amide bonds. The number of benzene rings is 1. The lowest BCUT2D eigenvalue weighted by atomic mass is 9.82. The van der Waals surface area contributed by atoms with Crippen molar-refractivity contribution in [1.82, 2.24) is 15.2 Å². The van der Waals surface area contributed by atoms with E-state index in [1.54, 1.807) is 12.1 Å². The fourth-order valence-electron chi connectivity index (χ4n) is 2.26. The summed E-state index contributed by atoms with van der Waals surface area (Å²) in [6.07, 6.45) is 2.64. The van der Waals surface area contributed by atoms with Crippen molar-refractivity contribution in [3.63, 3.8) is 0 Å². The number of aromatic nitrogens is 3. The summed E-state index contributed by atoms with van der Waals surface area (Å²) in [5.74, 6) is 0.300. The van der Waals surface area contributed by atoms with Gasteiger partial charge in [-0.3, -0.25) is 5.10 Å². The monoisotopic (exact) mass is 311 g/mol. The van der Waals surface area contributed by atoms with Crippen LogP contribution in [0.25, 0.3) is 0 Å². The molecule has 2 aromatic rings. The molecule has 2 N–H and O–H groups in total. The highest BCUT2D eigenvalue weighted by Gasteiger charge is 2.32. The quantitative estimate of drug-likeness (QED) is 0.861. The van der Waals surface area contributed by atoms with Gasteiger partial charge in [0.05, 0.1) is 5.60 Å². The number of H-pyrrole nitrogens is 1. The van der Waals surface area contributed by atoms with Crippen LogP contribution in [0.4, 0.5) is 4.39 Å². The molecule has 4 nitrogen and oxygen atoms in total. The van der Waals surface area contributed by atoms with Crippen LogP contribution in [0, 0.1) is 11.7 Å². The summed E-state index contributed by atoms with van der Waals surface area (Å²) in [6, 6.07) is 4.61. The van der Waals surface area contributed by atoms with E-state index in [1.165, 1.54) is 12.4 Å². The van der Waals surface area contributed by atoms with Gasteiger partial charge in [-0.2, -0.15) is 5.10 Å². The summed E-state index contributed by atoms with van der Waals surface area (Å²) in [5.41, 5.74) is -0.415. The zero-order valence-electron chi connectivity index (χ0n) is 12.1. The summed E-state index contributed by atoms with van der Waals surface area (Å²) in [7, 11) is 0. The van der Waals surface area contributed by atoms with Crippen molar-refractivity contribution in [2.24, 2.45) is 5.92 Å². The lowest BCUT2D eigenvalue weighted by Crippen LogP contribution is -2.38. The maximum Gasteiger partial charge on any atom is 0.137 e. The first-order valence-electron chi connectivity index (χ1n) is 6.91. The highest BCUT2D eigenvalue weighted by molar-refractivity contribution is 6.30. The molecule has 1 unspecified atom stereocenters. The SMILES string of the molecule is CC(C)C(O)(CCc1ccc(Cl)cc1F)Cc1ncn[nH]1. The second-order valence-electron chi connectivity index (χ2n) is 5.60. The number of nitrogens with one attached hydrogen (secondary N) is 1. The number of hydrogen-bond donors (Lipinski definition) is 2. The van der Waals surface area contributed by atoms with Crippen molar-refractivity contribution in [3.8, 4) is 0 Å². The van der Waals surface area contributed by atoms with Crippen molar-refractivity contribution in [2.75, 3.05) is 0 Å². The van der Waals surface area contributed by atoms with Crippen molar-refractivity contribution in [1.29, 1.82) is 0 Å². The number of aliphatic hydroxyl groups is 1. The highest BCUT2D eigenvalue weighted by atomic mass is 35.5. The number of aromatic amines is 1. The molecule has 1 aromatic carbocycles. The number of aryl methyl sites for hydroxylation is 1. The van der Waals surface area contributed by atoms with Crippen LogP contribution in [0.1, 0.15) is 31.7 Å². The molecule has 114 valence electrons. The minimum atomic E-state index is -0.967. The maximum atomic E-state index is 13.8. The molecule has 0 aliphatic heterocycles. The van der Waals surface area contributed by atoms with Gasteiger partial charge in [-0.05, 0) is 36.5 Å². The average Bonchev–Trinajstić information content (AvgIpc) is 2.90. The summed E-state index contributed by atoms with van der Waals surface area (Å²) in [4.78, 5) is 4.05. The minimum absolute atomic E-state index is 0.0120. The van der Waals surface area contributed by atoms with E-state index in [1.807, 2.05) is 13.8 Å². The van der Waals surface area contributed by atoms with Gasteiger partial charge < -0.3 is 5.11 Å². The molecule has 6 heteroatoms. The number of nitrogens with zero attached hydrogens (tertiary/aromatic N) is 2. The highest BCUT2D eigenvalue weighted by Crippen LogP contribution is 2.27. The van der Waals surface area contributed by atoms with Gasteiger partial charge in [0.25, 0.3) is 0 Å². The van der Waals surface area contributed by atoms with Gasteiger partial charge in [0, 0.05) is 11.4 Å². The fraction of sp³-hybridized carbons (Fsp3) is 0.467. The van der Waals surface area contributed by atoms with E-state index in [0.717, 1.165) is 0 Å². The third kappa shape index (κ3) is 4.02. The normalized spacial score (nSPS) is 14.4. The molecule has 0 saturated heterocycles. The Kier molecular flexibility index (Phi) is 4.96. The first kappa shape index (κ1) is 15.9. The maximum absolute atomic E-state index is 13.8. The van der Waals surface area contributed by atoms with Crippen LogP contribution in [-0.4, -0.2) is 25.9 Å². The Morgan fingerprint density at radius 3 is 2.76 bits per heavy atom. The summed E-state index contributed by atoms with van der Waals surface area (Å²) < 4.78 is 13.8. The molecule has 0 bridgehead atoms. The summed E-state index contributed by atoms with van der Waals surface area (Å²) >= 11 is 5.74. The molecular weight excluding hydrogens is 293 g/mol. The van der Waals surface area contributed by atoms with Crippen LogP contribution in [0.2, 0.25) is 5.02 Å². The molecule has 0 radical (unpaired) electrons. The van der Waals surface area contributed by atoms with Gasteiger partial charge in [0.2, 0.25) is 0 Å². The number of hydrogen-bond acceptors (Lipinski definition) is 3. The first-order valence-corrected chi connectivity index (χ1v) is 7.29. The smallest absolute Gasteiger partial charge is 0.137 e. The Hall–Kier alpha value is -1.46. The number of halogens is 2. The molecule has 0 fully saturated rings. The van der Waals surface area contributed by atoms with Crippen molar-refractivity contribution >= 4 is 11.6 Å². The number of rotatable bonds is 6. The van der Waals surface area contributed by atoms with Crippen LogP contribution < -0.4 is 0 Å². The van der Waals surface area contributed by atoms with Gasteiger partial charge in [0.15, 0.2) is 0 Å². The van der Waals surface area contributed by atoms with Crippen molar-refractivity contribution in [3.05, 3.63) is 46.8 Å². The Bertz CT molecular complexity index is 589. The Labute approximate surface area is 128 Å². The van der Waals surface area contributed by atoms with Gasteiger partial charge in [-0.15, -0.1) is 0 Å². The van der Waals surface area contributed by atoms with Crippen molar-refractivity contribution < 1.29 is 9.50 Å². The predicted molar refractivity (Wildman–Crippen MR) is 79.6 cm³/mol. The fourth-order valence-corrected chi connectivity index (χ4v) is 2.42. The second kappa shape index (κ2) is 6.54. The third-order valence-corrected chi connectivity index (χ3v) is 4.09. The largest absolute Gasteiger partial charge is 0.389 e. The van der Waals surface area contributed by atoms with Crippen LogP contribution in [0.15, 0.2) is 24.5 Å². The summed E-state index contributed by atoms with van der Waals surface area (Å²) in [5, 5.41) is 17.7. The first-order chi connectivity index (χ1) is 9.90.